The van der Waals surface area contributed by atoms with Crippen molar-refractivity contribution in [2.45, 2.75) is 38.5 Å². The number of rotatable bonds is 5. The van der Waals surface area contributed by atoms with Crippen molar-refractivity contribution in [3.05, 3.63) is 53.7 Å². The van der Waals surface area contributed by atoms with Gasteiger partial charge in [0, 0.05) is 23.7 Å². The first-order valence-corrected chi connectivity index (χ1v) is 8.47. The number of hydrogen-bond donors (Lipinski definition) is 1. The van der Waals surface area contributed by atoms with Crippen LogP contribution in [0.25, 0.3) is 11.3 Å². The molecule has 1 aliphatic carbocycles. The Morgan fingerprint density at radius 2 is 1.75 bits per heavy atom. The van der Waals surface area contributed by atoms with Gasteiger partial charge in [0.25, 0.3) is 0 Å². The molecular formula is C20H21NO3. The zero-order valence-corrected chi connectivity index (χ0v) is 13.6. The maximum atomic E-state index is 12.7. The zero-order chi connectivity index (χ0) is 16.9. The average molecular weight is 323 g/mol. The second-order valence-electron chi connectivity index (χ2n) is 6.38. The Kier molecular flexibility index (Phi) is 5.04. The molecule has 1 fully saturated rings. The van der Waals surface area contributed by atoms with Gasteiger partial charge < -0.3 is 5.11 Å². The SMILES string of the molecule is O=C(CC1CCCCC1)c1ccnc(-c2ccccc2)c1C(=O)O. The van der Waals surface area contributed by atoms with Crippen molar-refractivity contribution in [1.29, 1.82) is 0 Å². The minimum atomic E-state index is -1.10. The number of pyridine rings is 1. The summed E-state index contributed by atoms with van der Waals surface area (Å²) in [5, 5.41) is 9.67. The van der Waals surface area contributed by atoms with Gasteiger partial charge in [-0.3, -0.25) is 9.78 Å². The van der Waals surface area contributed by atoms with Gasteiger partial charge in [-0.25, -0.2) is 4.79 Å². The zero-order valence-electron chi connectivity index (χ0n) is 13.6. The molecular weight excluding hydrogens is 302 g/mol. The first-order chi connectivity index (χ1) is 11.7. The minimum Gasteiger partial charge on any atom is -0.478 e. The van der Waals surface area contributed by atoms with Crippen molar-refractivity contribution in [3.8, 4) is 11.3 Å². The number of benzene rings is 1. The topological polar surface area (TPSA) is 67.3 Å². The molecule has 0 spiro atoms. The van der Waals surface area contributed by atoms with Crippen LogP contribution in [-0.4, -0.2) is 21.8 Å². The van der Waals surface area contributed by atoms with E-state index in [1.54, 1.807) is 6.07 Å². The van der Waals surface area contributed by atoms with Crippen LogP contribution in [0, 0.1) is 5.92 Å². The summed E-state index contributed by atoms with van der Waals surface area (Å²) in [6.07, 6.45) is 7.64. The molecule has 2 aromatic rings. The number of carbonyl (C=O) groups is 2. The molecule has 1 aromatic heterocycles. The Hall–Kier alpha value is -2.49. The lowest BCUT2D eigenvalue weighted by molar-refractivity contribution is 0.0691. The summed E-state index contributed by atoms with van der Waals surface area (Å²) >= 11 is 0. The van der Waals surface area contributed by atoms with Crippen LogP contribution in [0.5, 0.6) is 0 Å². The third-order valence-electron chi connectivity index (χ3n) is 4.71. The fourth-order valence-electron chi connectivity index (χ4n) is 3.49. The molecule has 0 unspecified atom stereocenters. The summed E-state index contributed by atoms with van der Waals surface area (Å²) < 4.78 is 0. The molecule has 1 heterocycles. The molecule has 3 rings (SSSR count). The summed E-state index contributed by atoms with van der Waals surface area (Å²) in [6, 6.07) is 10.7. The number of aromatic nitrogens is 1. The molecule has 4 heteroatoms. The molecule has 1 aliphatic rings. The molecule has 24 heavy (non-hydrogen) atoms. The van der Waals surface area contributed by atoms with Crippen molar-refractivity contribution < 1.29 is 14.7 Å². The molecule has 0 bridgehead atoms. The van der Waals surface area contributed by atoms with Crippen LogP contribution in [0.2, 0.25) is 0 Å². The number of nitrogens with zero attached hydrogens (tertiary/aromatic N) is 1. The van der Waals surface area contributed by atoms with Crippen molar-refractivity contribution >= 4 is 11.8 Å². The Balaban J connectivity index is 1.95. The van der Waals surface area contributed by atoms with Gasteiger partial charge in [-0.1, -0.05) is 62.4 Å². The number of aromatic carboxylic acids is 1. The number of carboxylic acids is 1. The lowest BCUT2D eigenvalue weighted by atomic mass is 9.84. The Bertz CT molecular complexity index is 734. The monoisotopic (exact) mass is 323 g/mol. The van der Waals surface area contributed by atoms with Gasteiger partial charge >= 0.3 is 5.97 Å². The van der Waals surface area contributed by atoms with E-state index in [0.29, 0.717) is 23.6 Å². The summed E-state index contributed by atoms with van der Waals surface area (Å²) in [6.45, 7) is 0. The van der Waals surface area contributed by atoms with Crippen LogP contribution < -0.4 is 0 Å². The molecule has 4 nitrogen and oxygen atoms in total. The van der Waals surface area contributed by atoms with Gasteiger partial charge in [-0.15, -0.1) is 0 Å². The van der Waals surface area contributed by atoms with Crippen LogP contribution in [0.4, 0.5) is 0 Å². The van der Waals surface area contributed by atoms with Crippen LogP contribution in [0.3, 0.4) is 0 Å². The third-order valence-corrected chi connectivity index (χ3v) is 4.71. The summed E-state index contributed by atoms with van der Waals surface area (Å²) in [5.41, 5.74) is 1.37. The first kappa shape index (κ1) is 16.4. The third kappa shape index (κ3) is 3.53. The number of carboxylic acid groups (broad SMARTS) is 1. The standard InChI is InChI=1S/C20H21NO3/c22-17(13-14-7-3-1-4-8-14)16-11-12-21-19(18(16)20(23)24)15-9-5-2-6-10-15/h2,5-6,9-12,14H,1,3-4,7-8,13H2,(H,23,24). The quantitative estimate of drug-likeness (QED) is 0.817. The lowest BCUT2D eigenvalue weighted by Crippen LogP contribution is -2.16. The van der Waals surface area contributed by atoms with Gasteiger partial charge in [-0.05, 0) is 12.0 Å². The second kappa shape index (κ2) is 7.39. The van der Waals surface area contributed by atoms with Crippen LogP contribution in [-0.2, 0) is 0 Å². The normalized spacial score (nSPS) is 15.2. The second-order valence-corrected chi connectivity index (χ2v) is 6.38. The number of ketones is 1. The highest BCUT2D eigenvalue weighted by molar-refractivity contribution is 6.09. The maximum Gasteiger partial charge on any atom is 0.338 e. The van der Waals surface area contributed by atoms with Gasteiger partial charge in [0.2, 0.25) is 0 Å². The van der Waals surface area contributed by atoms with E-state index in [-0.39, 0.29) is 16.9 Å². The number of hydrogen-bond acceptors (Lipinski definition) is 3. The largest absolute Gasteiger partial charge is 0.478 e. The van der Waals surface area contributed by atoms with Crippen molar-refractivity contribution in [2.24, 2.45) is 5.92 Å². The molecule has 0 saturated heterocycles. The van der Waals surface area contributed by atoms with E-state index < -0.39 is 5.97 Å². The molecule has 1 saturated carbocycles. The highest BCUT2D eigenvalue weighted by atomic mass is 16.4. The molecule has 0 radical (unpaired) electrons. The molecule has 124 valence electrons. The van der Waals surface area contributed by atoms with E-state index in [4.69, 9.17) is 0 Å². The molecule has 1 aromatic carbocycles. The fraction of sp³-hybridized carbons (Fsp3) is 0.350. The fourth-order valence-corrected chi connectivity index (χ4v) is 3.49. The molecule has 0 atom stereocenters. The highest BCUT2D eigenvalue weighted by Crippen LogP contribution is 2.30. The molecule has 1 N–H and O–H groups in total. The molecule has 0 aliphatic heterocycles. The van der Waals surface area contributed by atoms with E-state index in [2.05, 4.69) is 4.98 Å². The van der Waals surface area contributed by atoms with Crippen LogP contribution in [0.1, 0.15) is 59.2 Å². The maximum absolute atomic E-state index is 12.7. The lowest BCUT2D eigenvalue weighted by Gasteiger charge is -2.21. The van der Waals surface area contributed by atoms with Crippen molar-refractivity contribution in [1.82, 2.24) is 4.98 Å². The summed E-state index contributed by atoms with van der Waals surface area (Å²) in [5.74, 6) is -0.811. The molecule has 0 amide bonds. The Morgan fingerprint density at radius 1 is 1.04 bits per heavy atom. The smallest absolute Gasteiger partial charge is 0.338 e. The van der Waals surface area contributed by atoms with Gasteiger partial charge in [0.1, 0.15) is 0 Å². The van der Waals surface area contributed by atoms with Crippen LogP contribution >= 0.6 is 0 Å². The Morgan fingerprint density at radius 3 is 2.42 bits per heavy atom. The summed E-state index contributed by atoms with van der Waals surface area (Å²) in [7, 11) is 0. The van der Waals surface area contributed by atoms with Crippen LogP contribution in [0.15, 0.2) is 42.6 Å². The van der Waals surface area contributed by atoms with E-state index in [0.717, 1.165) is 25.7 Å². The van der Waals surface area contributed by atoms with E-state index >= 15 is 0 Å². The highest BCUT2D eigenvalue weighted by Gasteiger charge is 2.25. The number of carbonyl (C=O) groups excluding carboxylic acids is 1. The van der Waals surface area contributed by atoms with Gasteiger partial charge in [-0.2, -0.15) is 0 Å². The minimum absolute atomic E-state index is 0.0181. The predicted molar refractivity (Wildman–Crippen MR) is 92.2 cm³/mol. The first-order valence-electron chi connectivity index (χ1n) is 8.47. The average Bonchev–Trinajstić information content (AvgIpc) is 2.62. The van der Waals surface area contributed by atoms with Crippen molar-refractivity contribution in [3.63, 3.8) is 0 Å². The summed E-state index contributed by atoms with van der Waals surface area (Å²) in [4.78, 5) is 28.8. The van der Waals surface area contributed by atoms with E-state index in [9.17, 15) is 14.7 Å². The van der Waals surface area contributed by atoms with E-state index in [1.165, 1.54) is 12.6 Å². The van der Waals surface area contributed by atoms with Gasteiger partial charge in [0.15, 0.2) is 5.78 Å². The Labute approximate surface area is 141 Å². The van der Waals surface area contributed by atoms with Crippen molar-refractivity contribution in [2.75, 3.05) is 0 Å². The van der Waals surface area contributed by atoms with E-state index in [1.807, 2.05) is 30.3 Å². The predicted octanol–water partition coefficient (Wildman–Crippen LogP) is 4.60. The number of Topliss-reactive ketones (excluding diaryl/α,β-unsaturated/α-hetero) is 1. The van der Waals surface area contributed by atoms with Gasteiger partial charge in [0.05, 0.1) is 11.3 Å².